The van der Waals surface area contributed by atoms with Crippen LogP contribution in [0.5, 0.6) is 0 Å². The van der Waals surface area contributed by atoms with Crippen molar-refractivity contribution in [2.45, 2.75) is 39.7 Å². The van der Waals surface area contributed by atoms with E-state index in [1.165, 1.54) is 25.9 Å². The topological polar surface area (TPSA) is 3.24 Å². The molecule has 0 aromatic carbocycles. The molecule has 0 fully saturated rings. The normalized spacial score (nSPS) is 22.0. The molecule has 1 aliphatic heterocycles. The zero-order valence-electron chi connectivity index (χ0n) is 9.99. The molecule has 1 aromatic rings. The van der Waals surface area contributed by atoms with Gasteiger partial charge in [0.1, 0.15) is 0 Å². The Labute approximate surface area is 97.1 Å². The second-order valence-electron chi connectivity index (χ2n) is 4.86. The van der Waals surface area contributed by atoms with Crippen LogP contribution in [0.2, 0.25) is 0 Å². The summed E-state index contributed by atoms with van der Waals surface area (Å²) in [6.45, 7) is 9.44. The van der Waals surface area contributed by atoms with Crippen molar-refractivity contribution in [1.29, 1.82) is 0 Å². The Morgan fingerprint density at radius 2 is 2.33 bits per heavy atom. The average Bonchev–Trinajstić information content (AvgIpc) is 2.64. The van der Waals surface area contributed by atoms with Gasteiger partial charge in [0.25, 0.3) is 0 Å². The Hall–Kier alpha value is -0.340. The lowest BCUT2D eigenvalue weighted by molar-refractivity contribution is 0.162. The average molecular weight is 223 g/mol. The van der Waals surface area contributed by atoms with Gasteiger partial charge in [0, 0.05) is 24.0 Å². The highest BCUT2D eigenvalue weighted by molar-refractivity contribution is 7.10. The third kappa shape index (κ3) is 2.26. The molecule has 2 heterocycles. The van der Waals surface area contributed by atoms with E-state index < -0.39 is 0 Å². The number of fused-ring (bicyclic) bond motifs is 1. The number of hydrogen-bond acceptors (Lipinski definition) is 2. The molecule has 1 atom stereocenters. The molecule has 0 saturated heterocycles. The highest BCUT2D eigenvalue weighted by Crippen LogP contribution is 2.35. The summed E-state index contributed by atoms with van der Waals surface area (Å²) in [6.07, 6.45) is 2.51. The lowest BCUT2D eigenvalue weighted by Crippen LogP contribution is -2.36. The van der Waals surface area contributed by atoms with Gasteiger partial charge in [-0.05, 0) is 35.8 Å². The second kappa shape index (κ2) is 4.67. The van der Waals surface area contributed by atoms with Crippen molar-refractivity contribution in [3.05, 3.63) is 21.9 Å². The van der Waals surface area contributed by atoms with Crippen LogP contribution in [0.25, 0.3) is 0 Å². The minimum absolute atomic E-state index is 0.683. The molecule has 1 aliphatic rings. The maximum atomic E-state index is 2.67. The van der Waals surface area contributed by atoms with Gasteiger partial charge in [-0.15, -0.1) is 11.3 Å². The van der Waals surface area contributed by atoms with E-state index in [0.717, 1.165) is 5.92 Å². The van der Waals surface area contributed by atoms with Crippen LogP contribution in [0.1, 0.15) is 43.7 Å². The van der Waals surface area contributed by atoms with Crippen molar-refractivity contribution in [3.63, 3.8) is 0 Å². The van der Waals surface area contributed by atoms with Crippen LogP contribution in [0, 0.1) is 5.92 Å². The molecule has 1 aromatic heterocycles. The van der Waals surface area contributed by atoms with Gasteiger partial charge in [-0.25, -0.2) is 0 Å². The molecule has 0 aliphatic carbocycles. The summed E-state index contributed by atoms with van der Waals surface area (Å²) >= 11 is 1.94. The fourth-order valence-corrected chi connectivity index (χ4v) is 3.54. The van der Waals surface area contributed by atoms with Crippen molar-refractivity contribution in [1.82, 2.24) is 4.90 Å². The van der Waals surface area contributed by atoms with Crippen LogP contribution in [0.4, 0.5) is 0 Å². The summed E-state index contributed by atoms with van der Waals surface area (Å²) in [7, 11) is 0. The van der Waals surface area contributed by atoms with Crippen molar-refractivity contribution < 1.29 is 0 Å². The molecule has 2 rings (SSSR count). The predicted molar refractivity (Wildman–Crippen MR) is 67.5 cm³/mol. The van der Waals surface area contributed by atoms with Gasteiger partial charge in [-0.2, -0.15) is 0 Å². The third-order valence-electron chi connectivity index (χ3n) is 3.19. The van der Waals surface area contributed by atoms with Crippen molar-refractivity contribution in [3.8, 4) is 0 Å². The number of nitrogens with zero attached hydrogens (tertiary/aromatic N) is 1. The van der Waals surface area contributed by atoms with Crippen molar-refractivity contribution >= 4 is 11.3 Å². The van der Waals surface area contributed by atoms with Crippen LogP contribution < -0.4 is 0 Å². The smallest absolute Gasteiger partial charge is 0.0356 e. The first kappa shape index (κ1) is 11.2. The summed E-state index contributed by atoms with van der Waals surface area (Å²) in [5, 5.41) is 2.26. The first-order valence-corrected chi connectivity index (χ1v) is 6.90. The van der Waals surface area contributed by atoms with Crippen LogP contribution >= 0.6 is 11.3 Å². The number of thiophene rings is 1. The molecule has 1 unspecified atom stereocenters. The van der Waals surface area contributed by atoms with E-state index in [2.05, 4.69) is 37.1 Å². The highest BCUT2D eigenvalue weighted by Gasteiger charge is 2.26. The first-order chi connectivity index (χ1) is 7.22. The maximum absolute atomic E-state index is 2.67. The maximum Gasteiger partial charge on any atom is 0.0356 e. The molecule has 1 nitrogen and oxygen atoms in total. The van der Waals surface area contributed by atoms with Gasteiger partial charge in [0.15, 0.2) is 0 Å². The molecule has 84 valence electrons. The van der Waals surface area contributed by atoms with Gasteiger partial charge in [-0.1, -0.05) is 20.8 Å². The summed E-state index contributed by atoms with van der Waals surface area (Å²) in [5.41, 5.74) is 1.61. The Morgan fingerprint density at radius 3 is 3.00 bits per heavy atom. The fourth-order valence-electron chi connectivity index (χ4n) is 2.61. The minimum atomic E-state index is 0.683. The SMILES string of the molecule is CCC1c2ccsc2CCN1CC(C)C. The second-order valence-corrected chi connectivity index (χ2v) is 5.86. The zero-order chi connectivity index (χ0) is 10.8. The van der Waals surface area contributed by atoms with E-state index in [4.69, 9.17) is 0 Å². The summed E-state index contributed by atoms with van der Waals surface area (Å²) in [5.74, 6) is 0.777. The summed E-state index contributed by atoms with van der Waals surface area (Å²) in [6, 6.07) is 3.02. The molecule has 0 bridgehead atoms. The molecular weight excluding hydrogens is 202 g/mol. The predicted octanol–water partition coefficient (Wildman–Crippen LogP) is 3.71. The quantitative estimate of drug-likeness (QED) is 0.755. The monoisotopic (exact) mass is 223 g/mol. The standard InChI is InChI=1S/C13H21NS/c1-4-12-11-6-8-15-13(11)5-7-14(12)9-10(2)3/h6,8,10,12H,4-5,7,9H2,1-3H3. The molecular formula is C13H21NS. The molecule has 15 heavy (non-hydrogen) atoms. The Balaban J connectivity index is 2.17. The van der Waals surface area contributed by atoms with Crippen molar-refractivity contribution in [2.24, 2.45) is 5.92 Å². The van der Waals surface area contributed by atoms with Gasteiger partial charge in [-0.3, -0.25) is 4.90 Å². The number of rotatable bonds is 3. The molecule has 0 N–H and O–H groups in total. The Bertz CT molecular complexity index is 316. The Kier molecular flexibility index (Phi) is 3.47. The highest BCUT2D eigenvalue weighted by atomic mass is 32.1. The first-order valence-electron chi connectivity index (χ1n) is 6.02. The largest absolute Gasteiger partial charge is 0.296 e. The van der Waals surface area contributed by atoms with E-state index >= 15 is 0 Å². The molecule has 0 saturated carbocycles. The van der Waals surface area contributed by atoms with Gasteiger partial charge in [0.2, 0.25) is 0 Å². The third-order valence-corrected chi connectivity index (χ3v) is 4.19. The summed E-state index contributed by atoms with van der Waals surface area (Å²) < 4.78 is 0. The summed E-state index contributed by atoms with van der Waals surface area (Å²) in [4.78, 5) is 4.29. The lowest BCUT2D eigenvalue weighted by atomic mass is 9.97. The van der Waals surface area contributed by atoms with Gasteiger partial charge < -0.3 is 0 Å². The molecule has 0 amide bonds. The Morgan fingerprint density at radius 1 is 1.53 bits per heavy atom. The van der Waals surface area contributed by atoms with Crippen LogP contribution in [-0.2, 0) is 6.42 Å². The molecule has 2 heteroatoms. The van der Waals surface area contributed by atoms with E-state index in [1.807, 2.05) is 11.3 Å². The zero-order valence-corrected chi connectivity index (χ0v) is 10.8. The van der Waals surface area contributed by atoms with E-state index in [-0.39, 0.29) is 0 Å². The lowest BCUT2D eigenvalue weighted by Gasteiger charge is -2.36. The number of hydrogen-bond donors (Lipinski definition) is 0. The molecule has 0 spiro atoms. The van der Waals surface area contributed by atoms with Crippen LogP contribution in [0.3, 0.4) is 0 Å². The van der Waals surface area contributed by atoms with E-state index in [9.17, 15) is 0 Å². The van der Waals surface area contributed by atoms with E-state index in [1.54, 1.807) is 10.4 Å². The minimum Gasteiger partial charge on any atom is -0.296 e. The fraction of sp³-hybridized carbons (Fsp3) is 0.692. The van der Waals surface area contributed by atoms with Crippen LogP contribution in [-0.4, -0.2) is 18.0 Å². The van der Waals surface area contributed by atoms with Crippen LogP contribution in [0.15, 0.2) is 11.4 Å². The van der Waals surface area contributed by atoms with E-state index in [0.29, 0.717) is 6.04 Å². The van der Waals surface area contributed by atoms with Gasteiger partial charge in [0.05, 0.1) is 0 Å². The molecule has 0 radical (unpaired) electrons. The van der Waals surface area contributed by atoms with Crippen molar-refractivity contribution in [2.75, 3.05) is 13.1 Å². The van der Waals surface area contributed by atoms with Gasteiger partial charge >= 0.3 is 0 Å².